The summed E-state index contributed by atoms with van der Waals surface area (Å²) in [6, 6.07) is 6.24. The van der Waals surface area contributed by atoms with Gasteiger partial charge in [0.15, 0.2) is 0 Å². The molecule has 1 N–H and O–H groups in total. The van der Waals surface area contributed by atoms with E-state index in [9.17, 15) is 4.79 Å². The molecule has 0 saturated heterocycles. The number of anilines is 1. The molecule has 3 nitrogen and oxygen atoms in total. The fourth-order valence-corrected chi connectivity index (χ4v) is 2.55. The van der Waals surface area contributed by atoms with Crippen molar-refractivity contribution in [2.24, 2.45) is 5.41 Å². The molecule has 20 heavy (non-hydrogen) atoms. The number of nitrogens with zero attached hydrogens (tertiary/aromatic N) is 1. The molecule has 0 aliphatic rings. The molecule has 0 heterocycles. The molecule has 0 saturated carbocycles. The van der Waals surface area contributed by atoms with E-state index in [1.54, 1.807) is 6.08 Å². The number of hydrogen-bond acceptors (Lipinski definition) is 2. The molecule has 0 amide bonds. The summed E-state index contributed by atoms with van der Waals surface area (Å²) in [5.41, 5.74) is 2.13. The zero-order chi connectivity index (χ0) is 15.5. The Hall–Kier alpha value is -1.29. The molecule has 1 unspecified atom stereocenters. The van der Waals surface area contributed by atoms with E-state index in [1.807, 2.05) is 18.2 Å². The molecule has 0 aliphatic heterocycles. The van der Waals surface area contributed by atoms with Crippen molar-refractivity contribution < 1.29 is 9.90 Å². The van der Waals surface area contributed by atoms with Crippen molar-refractivity contribution in [3.05, 3.63) is 34.3 Å². The smallest absolute Gasteiger partial charge is 0.328 e. The van der Waals surface area contributed by atoms with Crippen LogP contribution in [0.4, 0.5) is 5.69 Å². The summed E-state index contributed by atoms with van der Waals surface area (Å²) in [5, 5.41) is 8.64. The Morgan fingerprint density at radius 3 is 2.45 bits per heavy atom. The average molecular weight is 340 g/mol. The van der Waals surface area contributed by atoms with Crippen LogP contribution in [0.1, 0.15) is 33.3 Å². The third-order valence-electron chi connectivity index (χ3n) is 3.60. The van der Waals surface area contributed by atoms with E-state index in [0.29, 0.717) is 6.04 Å². The van der Waals surface area contributed by atoms with Crippen molar-refractivity contribution in [1.82, 2.24) is 0 Å². The van der Waals surface area contributed by atoms with Gasteiger partial charge in [0, 0.05) is 23.6 Å². The Labute approximate surface area is 129 Å². The van der Waals surface area contributed by atoms with Crippen molar-refractivity contribution in [3.63, 3.8) is 0 Å². The minimum absolute atomic E-state index is 0.177. The van der Waals surface area contributed by atoms with Gasteiger partial charge in [-0.25, -0.2) is 4.79 Å². The quantitative estimate of drug-likeness (QED) is 0.825. The van der Waals surface area contributed by atoms with Gasteiger partial charge in [0.25, 0.3) is 0 Å². The molecule has 1 aromatic carbocycles. The van der Waals surface area contributed by atoms with Crippen LogP contribution in [0.5, 0.6) is 0 Å². The van der Waals surface area contributed by atoms with Gasteiger partial charge in [-0.2, -0.15) is 0 Å². The maximum atomic E-state index is 10.5. The topological polar surface area (TPSA) is 40.5 Å². The van der Waals surface area contributed by atoms with Crippen LogP contribution >= 0.6 is 15.9 Å². The largest absolute Gasteiger partial charge is 0.478 e. The second kappa shape index (κ2) is 6.44. The molecule has 110 valence electrons. The summed E-state index contributed by atoms with van der Waals surface area (Å²) in [5.74, 6) is -0.941. The van der Waals surface area contributed by atoms with Gasteiger partial charge in [0.05, 0.1) is 5.69 Å². The van der Waals surface area contributed by atoms with E-state index in [-0.39, 0.29) is 5.41 Å². The predicted octanol–water partition coefficient (Wildman–Crippen LogP) is 4.42. The summed E-state index contributed by atoms with van der Waals surface area (Å²) < 4.78 is 0.962. The molecular formula is C16H22BrNO2. The minimum atomic E-state index is -0.941. The van der Waals surface area contributed by atoms with Crippen molar-refractivity contribution in [3.8, 4) is 0 Å². The molecule has 0 aliphatic carbocycles. The lowest BCUT2D eigenvalue weighted by Gasteiger charge is -2.37. The van der Waals surface area contributed by atoms with Crippen molar-refractivity contribution in [2.75, 3.05) is 11.9 Å². The average Bonchev–Trinajstić information content (AvgIpc) is 2.33. The van der Waals surface area contributed by atoms with Gasteiger partial charge in [-0.3, -0.25) is 0 Å². The number of hydrogen-bond donors (Lipinski definition) is 1. The first kappa shape index (κ1) is 16.8. The maximum absolute atomic E-state index is 10.5. The van der Waals surface area contributed by atoms with Crippen LogP contribution in [0.3, 0.4) is 0 Å². The zero-order valence-electron chi connectivity index (χ0n) is 12.6. The Balaban J connectivity index is 3.01. The highest BCUT2D eigenvalue weighted by atomic mass is 79.9. The summed E-state index contributed by atoms with van der Waals surface area (Å²) in [7, 11) is 2.07. The highest BCUT2D eigenvalue weighted by Gasteiger charge is 2.25. The fraction of sp³-hybridized carbons (Fsp3) is 0.438. The van der Waals surface area contributed by atoms with Gasteiger partial charge >= 0.3 is 5.97 Å². The summed E-state index contributed by atoms with van der Waals surface area (Å²) in [6.07, 6.45) is 2.73. The normalized spacial score (nSPS) is 13.5. The molecule has 0 fully saturated rings. The first-order valence-corrected chi connectivity index (χ1v) is 7.35. The molecule has 0 aromatic heterocycles. The number of rotatable bonds is 4. The lowest BCUT2D eigenvalue weighted by Crippen LogP contribution is -2.39. The number of benzene rings is 1. The molecule has 0 bridgehead atoms. The van der Waals surface area contributed by atoms with Crippen molar-refractivity contribution >= 4 is 33.7 Å². The van der Waals surface area contributed by atoms with Crippen LogP contribution in [-0.4, -0.2) is 24.2 Å². The number of carboxylic acids is 1. The fourth-order valence-electron chi connectivity index (χ4n) is 1.87. The second-order valence-electron chi connectivity index (χ2n) is 6.04. The van der Waals surface area contributed by atoms with Gasteiger partial charge in [-0.15, -0.1) is 0 Å². The van der Waals surface area contributed by atoms with E-state index < -0.39 is 5.97 Å². The van der Waals surface area contributed by atoms with Crippen LogP contribution in [0, 0.1) is 5.41 Å². The van der Waals surface area contributed by atoms with Crippen LogP contribution in [0.15, 0.2) is 28.7 Å². The SMILES string of the molecule is CC(N(C)c1ccc(/C=C/C(=O)O)cc1Br)C(C)(C)C. The summed E-state index contributed by atoms with van der Waals surface area (Å²) in [6.45, 7) is 8.84. The second-order valence-corrected chi connectivity index (χ2v) is 6.89. The Morgan fingerprint density at radius 1 is 1.40 bits per heavy atom. The lowest BCUT2D eigenvalue weighted by molar-refractivity contribution is -0.131. The number of carbonyl (C=O) groups is 1. The highest BCUT2D eigenvalue weighted by Crippen LogP contribution is 2.32. The van der Waals surface area contributed by atoms with E-state index in [2.05, 4.69) is 55.6 Å². The number of halogens is 1. The molecule has 0 spiro atoms. The Kier molecular flexibility index (Phi) is 5.40. The highest BCUT2D eigenvalue weighted by molar-refractivity contribution is 9.10. The summed E-state index contributed by atoms with van der Waals surface area (Å²) in [4.78, 5) is 12.8. The van der Waals surface area contributed by atoms with Gasteiger partial charge in [-0.05, 0) is 52.0 Å². The van der Waals surface area contributed by atoms with E-state index in [0.717, 1.165) is 21.8 Å². The maximum Gasteiger partial charge on any atom is 0.328 e. The van der Waals surface area contributed by atoms with Gasteiger partial charge in [0.1, 0.15) is 0 Å². The third kappa shape index (κ3) is 4.37. The van der Waals surface area contributed by atoms with E-state index >= 15 is 0 Å². The monoisotopic (exact) mass is 339 g/mol. The molecule has 1 rings (SSSR count). The minimum Gasteiger partial charge on any atom is -0.478 e. The third-order valence-corrected chi connectivity index (χ3v) is 4.24. The van der Waals surface area contributed by atoms with E-state index in [4.69, 9.17) is 5.11 Å². The lowest BCUT2D eigenvalue weighted by atomic mass is 9.87. The van der Waals surface area contributed by atoms with Crippen LogP contribution < -0.4 is 4.90 Å². The zero-order valence-corrected chi connectivity index (χ0v) is 14.2. The van der Waals surface area contributed by atoms with Gasteiger partial charge in [0.2, 0.25) is 0 Å². The first-order valence-electron chi connectivity index (χ1n) is 6.56. The van der Waals surface area contributed by atoms with Crippen LogP contribution in [0.2, 0.25) is 0 Å². The van der Waals surface area contributed by atoms with Crippen molar-refractivity contribution in [2.45, 2.75) is 33.7 Å². The molecular weight excluding hydrogens is 318 g/mol. The Morgan fingerprint density at radius 2 is 2.00 bits per heavy atom. The molecule has 1 aromatic rings. The molecule has 0 radical (unpaired) electrons. The number of carboxylic acid groups (broad SMARTS) is 1. The number of aliphatic carboxylic acids is 1. The Bertz CT molecular complexity index is 518. The summed E-state index contributed by atoms with van der Waals surface area (Å²) >= 11 is 3.57. The van der Waals surface area contributed by atoms with Gasteiger partial charge < -0.3 is 10.0 Å². The standard InChI is InChI=1S/C16H22BrNO2/c1-11(16(2,3)4)18(5)14-8-6-12(10-13(14)17)7-9-15(19)20/h6-11H,1-5H3,(H,19,20)/b9-7+. The first-order chi connectivity index (χ1) is 9.12. The molecule has 4 heteroatoms. The van der Waals surface area contributed by atoms with Gasteiger partial charge in [-0.1, -0.05) is 26.8 Å². The van der Waals surface area contributed by atoms with E-state index in [1.165, 1.54) is 0 Å². The van der Waals surface area contributed by atoms with Crippen molar-refractivity contribution in [1.29, 1.82) is 0 Å². The predicted molar refractivity (Wildman–Crippen MR) is 88.1 cm³/mol. The molecule has 1 atom stereocenters. The van der Waals surface area contributed by atoms with Crippen LogP contribution in [0.25, 0.3) is 6.08 Å². The van der Waals surface area contributed by atoms with Crippen LogP contribution in [-0.2, 0) is 4.79 Å².